The molecule has 26 heavy (non-hydrogen) atoms. The molecule has 0 aliphatic heterocycles. The van der Waals surface area contributed by atoms with Crippen LogP contribution in [-0.4, -0.2) is 15.9 Å². The Kier molecular flexibility index (Phi) is 5.59. The molecule has 0 spiro atoms. The van der Waals surface area contributed by atoms with E-state index in [-0.39, 0.29) is 5.91 Å². The van der Waals surface area contributed by atoms with Crippen LogP contribution >= 0.6 is 0 Å². The fourth-order valence-corrected chi connectivity index (χ4v) is 2.67. The highest BCUT2D eigenvalue weighted by Gasteiger charge is 2.11. The highest BCUT2D eigenvalue weighted by atomic mass is 16.1. The fourth-order valence-electron chi connectivity index (χ4n) is 2.67. The van der Waals surface area contributed by atoms with E-state index >= 15 is 0 Å². The number of rotatable bonds is 6. The van der Waals surface area contributed by atoms with Gasteiger partial charge in [-0.05, 0) is 41.3 Å². The summed E-state index contributed by atoms with van der Waals surface area (Å²) >= 11 is 0. The van der Waals surface area contributed by atoms with Crippen LogP contribution in [0.5, 0.6) is 0 Å². The monoisotopic (exact) mass is 346 g/mol. The standard InChI is InChI=1S/C21H22N4O/c1-15(2)19-5-3-4-6-20(19)25-21(26)17-11-18(14-23-13-17)24-12-16-7-9-22-10-8-16/h3-11,13-15,24H,12H2,1-2H3,(H,25,26). The van der Waals surface area contributed by atoms with Gasteiger partial charge in [0.15, 0.2) is 0 Å². The fraction of sp³-hybridized carbons (Fsp3) is 0.190. The van der Waals surface area contributed by atoms with Crippen molar-refractivity contribution < 1.29 is 4.79 Å². The first kappa shape index (κ1) is 17.6. The molecule has 5 heteroatoms. The van der Waals surface area contributed by atoms with E-state index in [0.29, 0.717) is 18.0 Å². The average Bonchev–Trinajstić information content (AvgIpc) is 2.67. The van der Waals surface area contributed by atoms with Crippen LogP contribution in [0.4, 0.5) is 11.4 Å². The third kappa shape index (κ3) is 4.45. The predicted octanol–water partition coefficient (Wildman–Crippen LogP) is 4.46. The second-order valence-electron chi connectivity index (χ2n) is 6.37. The van der Waals surface area contributed by atoms with Crippen LogP contribution < -0.4 is 10.6 Å². The third-order valence-corrected chi connectivity index (χ3v) is 4.08. The molecule has 2 aromatic heterocycles. The molecule has 0 fully saturated rings. The zero-order chi connectivity index (χ0) is 18.4. The van der Waals surface area contributed by atoms with Crippen molar-refractivity contribution in [1.29, 1.82) is 0 Å². The number of pyridine rings is 2. The van der Waals surface area contributed by atoms with Crippen molar-refractivity contribution in [2.45, 2.75) is 26.3 Å². The summed E-state index contributed by atoms with van der Waals surface area (Å²) in [5.41, 5.74) is 4.37. The summed E-state index contributed by atoms with van der Waals surface area (Å²) in [6, 6.07) is 13.6. The third-order valence-electron chi connectivity index (χ3n) is 4.08. The first-order valence-electron chi connectivity index (χ1n) is 8.61. The molecular formula is C21H22N4O. The van der Waals surface area contributed by atoms with Crippen LogP contribution in [0.25, 0.3) is 0 Å². The van der Waals surface area contributed by atoms with Crippen molar-refractivity contribution in [3.05, 3.63) is 83.9 Å². The predicted molar refractivity (Wildman–Crippen MR) is 104 cm³/mol. The van der Waals surface area contributed by atoms with Crippen molar-refractivity contribution in [3.63, 3.8) is 0 Å². The molecule has 3 aromatic rings. The molecule has 3 rings (SSSR count). The lowest BCUT2D eigenvalue weighted by Gasteiger charge is -2.14. The minimum atomic E-state index is -0.168. The number of benzene rings is 1. The van der Waals surface area contributed by atoms with E-state index in [9.17, 15) is 4.79 Å². The zero-order valence-electron chi connectivity index (χ0n) is 14.9. The van der Waals surface area contributed by atoms with Gasteiger partial charge in [-0.3, -0.25) is 14.8 Å². The van der Waals surface area contributed by atoms with Crippen molar-refractivity contribution >= 4 is 17.3 Å². The van der Waals surface area contributed by atoms with E-state index in [4.69, 9.17) is 0 Å². The Balaban J connectivity index is 1.70. The number of hydrogen-bond donors (Lipinski definition) is 2. The van der Waals surface area contributed by atoms with Gasteiger partial charge in [-0.15, -0.1) is 0 Å². The molecule has 0 saturated heterocycles. The highest BCUT2D eigenvalue weighted by Crippen LogP contribution is 2.24. The molecule has 0 radical (unpaired) electrons. The van der Waals surface area contributed by atoms with Gasteiger partial charge >= 0.3 is 0 Å². The number of nitrogens with one attached hydrogen (secondary N) is 2. The van der Waals surface area contributed by atoms with Crippen LogP contribution in [0.3, 0.4) is 0 Å². The van der Waals surface area contributed by atoms with Gasteiger partial charge in [-0.1, -0.05) is 32.0 Å². The summed E-state index contributed by atoms with van der Waals surface area (Å²) in [4.78, 5) is 20.8. The summed E-state index contributed by atoms with van der Waals surface area (Å²) in [6.07, 6.45) is 6.79. The lowest BCUT2D eigenvalue weighted by Crippen LogP contribution is -2.14. The van der Waals surface area contributed by atoms with E-state index in [1.54, 1.807) is 24.8 Å². The molecule has 1 aromatic carbocycles. The van der Waals surface area contributed by atoms with Gasteiger partial charge in [0.05, 0.1) is 11.3 Å². The number of hydrogen-bond acceptors (Lipinski definition) is 4. The topological polar surface area (TPSA) is 66.9 Å². The summed E-state index contributed by atoms with van der Waals surface area (Å²) < 4.78 is 0. The van der Waals surface area contributed by atoms with Gasteiger partial charge in [0.25, 0.3) is 5.91 Å². The molecule has 5 nitrogen and oxygen atoms in total. The summed E-state index contributed by atoms with van der Waals surface area (Å²) in [7, 11) is 0. The number of amides is 1. The quantitative estimate of drug-likeness (QED) is 0.691. The van der Waals surface area contributed by atoms with Crippen molar-refractivity contribution in [2.75, 3.05) is 10.6 Å². The van der Waals surface area contributed by atoms with Gasteiger partial charge < -0.3 is 10.6 Å². The average molecular weight is 346 g/mol. The molecule has 1 amide bonds. The van der Waals surface area contributed by atoms with E-state index in [2.05, 4.69) is 34.4 Å². The molecule has 0 aliphatic carbocycles. The van der Waals surface area contributed by atoms with Crippen LogP contribution in [0.1, 0.15) is 41.3 Å². The maximum absolute atomic E-state index is 12.6. The number of carbonyl (C=O) groups is 1. The number of anilines is 2. The first-order valence-corrected chi connectivity index (χ1v) is 8.61. The lowest BCUT2D eigenvalue weighted by molar-refractivity contribution is 0.102. The molecule has 2 heterocycles. The van der Waals surface area contributed by atoms with Gasteiger partial charge in [0.1, 0.15) is 0 Å². The number of aromatic nitrogens is 2. The number of nitrogens with zero attached hydrogens (tertiary/aromatic N) is 2. The van der Waals surface area contributed by atoms with E-state index in [1.807, 2.05) is 42.5 Å². The van der Waals surface area contributed by atoms with Crippen LogP contribution in [0, 0.1) is 0 Å². The zero-order valence-corrected chi connectivity index (χ0v) is 14.9. The minimum absolute atomic E-state index is 0.168. The van der Waals surface area contributed by atoms with Gasteiger partial charge in [-0.25, -0.2) is 0 Å². The molecular weight excluding hydrogens is 324 g/mol. The Bertz CT molecular complexity index is 878. The lowest BCUT2D eigenvalue weighted by atomic mass is 10.0. The Morgan fingerprint density at radius 1 is 1.04 bits per heavy atom. The van der Waals surface area contributed by atoms with Crippen molar-refractivity contribution in [3.8, 4) is 0 Å². The minimum Gasteiger partial charge on any atom is -0.380 e. The molecule has 0 saturated carbocycles. The van der Waals surface area contributed by atoms with Crippen LogP contribution in [0.2, 0.25) is 0 Å². The van der Waals surface area contributed by atoms with Gasteiger partial charge in [-0.2, -0.15) is 0 Å². The Hall–Kier alpha value is -3.21. The maximum Gasteiger partial charge on any atom is 0.257 e. The van der Waals surface area contributed by atoms with E-state index < -0.39 is 0 Å². The van der Waals surface area contributed by atoms with Gasteiger partial charge in [0, 0.05) is 37.0 Å². The summed E-state index contributed by atoms with van der Waals surface area (Å²) in [5.74, 6) is 0.163. The maximum atomic E-state index is 12.6. The Morgan fingerprint density at radius 3 is 2.58 bits per heavy atom. The van der Waals surface area contributed by atoms with Crippen LogP contribution in [-0.2, 0) is 6.54 Å². The van der Waals surface area contributed by atoms with E-state index in [0.717, 1.165) is 22.5 Å². The SMILES string of the molecule is CC(C)c1ccccc1NC(=O)c1cncc(NCc2ccncc2)c1. The second kappa shape index (κ2) is 8.25. The summed E-state index contributed by atoms with van der Waals surface area (Å²) in [6.45, 7) is 4.86. The Labute approximate surface area is 153 Å². The molecule has 0 atom stereocenters. The van der Waals surface area contributed by atoms with Crippen LogP contribution in [0.15, 0.2) is 67.3 Å². The number of para-hydroxylation sites is 1. The normalized spacial score (nSPS) is 10.6. The molecule has 0 bridgehead atoms. The smallest absolute Gasteiger partial charge is 0.257 e. The van der Waals surface area contributed by atoms with Gasteiger partial charge in [0.2, 0.25) is 0 Å². The second-order valence-corrected chi connectivity index (χ2v) is 6.37. The number of carbonyl (C=O) groups excluding carboxylic acids is 1. The molecule has 132 valence electrons. The van der Waals surface area contributed by atoms with Crippen molar-refractivity contribution in [2.24, 2.45) is 0 Å². The highest BCUT2D eigenvalue weighted by molar-refractivity contribution is 6.05. The van der Waals surface area contributed by atoms with Crippen molar-refractivity contribution in [1.82, 2.24) is 9.97 Å². The largest absolute Gasteiger partial charge is 0.380 e. The molecule has 0 aliphatic rings. The van der Waals surface area contributed by atoms with E-state index in [1.165, 1.54) is 0 Å². The first-order chi connectivity index (χ1) is 12.6. The molecule has 2 N–H and O–H groups in total. The Morgan fingerprint density at radius 2 is 1.81 bits per heavy atom. The summed E-state index contributed by atoms with van der Waals surface area (Å²) in [5, 5.41) is 6.27. The molecule has 0 unspecified atom stereocenters.